The first kappa shape index (κ1) is 27.6. The van der Waals surface area contributed by atoms with Gasteiger partial charge in [0.1, 0.15) is 34.6 Å². The quantitative estimate of drug-likeness (QED) is 0.167. The van der Waals surface area contributed by atoms with Gasteiger partial charge in [0.15, 0.2) is 0 Å². The molecule has 6 aromatic rings. The van der Waals surface area contributed by atoms with E-state index in [4.69, 9.17) is 35.6 Å². The molecule has 0 aliphatic carbocycles. The number of nitriles is 1. The molecular weight excluding hydrogens is 560 g/mol. The number of halogens is 1. The van der Waals surface area contributed by atoms with E-state index in [1.165, 1.54) is 0 Å². The van der Waals surface area contributed by atoms with E-state index in [-0.39, 0.29) is 5.88 Å². The van der Waals surface area contributed by atoms with Crippen LogP contribution >= 0.6 is 11.6 Å². The molecule has 0 spiro atoms. The van der Waals surface area contributed by atoms with Gasteiger partial charge in [-0.1, -0.05) is 54.1 Å². The maximum Gasteiger partial charge on any atom is 0.238 e. The lowest BCUT2D eigenvalue weighted by atomic mass is 9.98. The highest BCUT2D eigenvalue weighted by atomic mass is 35.5. The fraction of sp³-hybridized carbons (Fsp3) is 0.0571. The molecule has 0 saturated carbocycles. The number of rotatable bonds is 8. The number of ether oxygens (including phenoxy) is 2. The van der Waals surface area contributed by atoms with E-state index >= 15 is 0 Å². The van der Waals surface area contributed by atoms with Crippen LogP contribution < -0.4 is 9.47 Å². The standard InChI is InChI=1S/C35H25ClN4O3/c1-41-29-16-10-23(11-17-29)32-31(20-37)35(43-34(32)25-12-18-30(42-2)19-13-25)38-21-26-22-40(28-6-4-3-5-7-28)39-33(26)24-8-14-27(36)15-9-24/h3-19,21-22H,1-2H3. The van der Waals surface area contributed by atoms with Gasteiger partial charge in [0, 0.05) is 39.7 Å². The second-order valence-corrected chi connectivity index (χ2v) is 9.97. The van der Waals surface area contributed by atoms with E-state index in [9.17, 15) is 5.26 Å². The molecule has 7 nitrogen and oxygen atoms in total. The summed E-state index contributed by atoms with van der Waals surface area (Å²) in [5, 5.41) is 15.8. The molecule has 4 aromatic carbocycles. The Balaban J connectivity index is 1.49. The maximum absolute atomic E-state index is 10.4. The van der Waals surface area contributed by atoms with Gasteiger partial charge in [-0.25, -0.2) is 9.67 Å². The molecule has 0 unspecified atom stereocenters. The molecule has 0 aliphatic rings. The van der Waals surface area contributed by atoms with E-state index in [2.05, 4.69) is 6.07 Å². The summed E-state index contributed by atoms with van der Waals surface area (Å²) >= 11 is 6.16. The van der Waals surface area contributed by atoms with Crippen LogP contribution in [0.25, 0.3) is 39.4 Å². The second kappa shape index (κ2) is 12.1. The Hall–Kier alpha value is -5.58. The summed E-state index contributed by atoms with van der Waals surface area (Å²) in [7, 11) is 3.23. The SMILES string of the molecule is COc1ccc(-c2oc(N=Cc3cn(-c4ccccc4)nc3-c3ccc(Cl)cc3)c(C#N)c2-c2ccc(OC)cc2)cc1. The number of hydrogen-bond donors (Lipinski definition) is 0. The predicted octanol–water partition coefficient (Wildman–Crippen LogP) is 8.76. The normalized spacial score (nSPS) is 11.0. The lowest BCUT2D eigenvalue weighted by Gasteiger charge is -2.06. The summed E-state index contributed by atoms with van der Waals surface area (Å²) in [6.45, 7) is 0. The van der Waals surface area contributed by atoms with Crippen LogP contribution in [0.1, 0.15) is 11.1 Å². The van der Waals surface area contributed by atoms with Crippen molar-refractivity contribution in [2.75, 3.05) is 14.2 Å². The third-order valence-corrected chi connectivity index (χ3v) is 7.19. The van der Waals surface area contributed by atoms with E-state index < -0.39 is 0 Å². The number of nitrogens with zero attached hydrogens (tertiary/aromatic N) is 4. The van der Waals surface area contributed by atoms with Crippen LogP contribution in [0.15, 0.2) is 119 Å². The minimum absolute atomic E-state index is 0.189. The predicted molar refractivity (Wildman–Crippen MR) is 169 cm³/mol. The molecule has 43 heavy (non-hydrogen) atoms. The van der Waals surface area contributed by atoms with Crippen molar-refractivity contribution in [3.05, 3.63) is 125 Å². The van der Waals surface area contributed by atoms with Gasteiger partial charge in [-0.2, -0.15) is 10.4 Å². The first-order chi connectivity index (χ1) is 21.1. The molecule has 210 valence electrons. The van der Waals surface area contributed by atoms with Gasteiger partial charge in [0.2, 0.25) is 5.88 Å². The fourth-order valence-corrected chi connectivity index (χ4v) is 4.87. The summed E-state index contributed by atoms with van der Waals surface area (Å²) < 4.78 is 18.8. The monoisotopic (exact) mass is 584 g/mol. The smallest absolute Gasteiger partial charge is 0.238 e. The van der Waals surface area contributed by atoms with Crippen LogP contribution in [0.2, 0.25) is 5.02 Å². The summed E-state index contributed by atoms with van der Waals surface area (Å²) in [5.74, 6) is 2.13. The Morgan fingerprint density at radius 3 is 2.02 bits per heavy atom. The minimum atomic E-state index is 0.189. The molecule has 0 atom stereocenters. The highest BCUT2D eigenvalue weighted by Gasteiger charge is 2.23. The number of benzene rings is 4. The third-order valence-electron chi connectivity index (χ3n) is 6.93. The Bertz CT molecular complexity index is 1930. The number of furan rings is 1. The molecule has 2 aromatic heterocycles. The number of aliphatic imine (C=N–C) groups is 1. The molecule has 0 amide bonds. The number of methoxy groups -OCH3 is 2. The zero-order valence-electron chi connectivity index (χ0n) is 23.4. The highest BCUT2D eigenvalue weighted by molar-refractivity contribution is 6.30. The lowest BCUT2D eigenvalue weighted by Crippen LogP contribution is -1.93. The topological polar surface area (TPSA) is 85.6 Å². The van der Waals surface area contributed by atoms with Crippen LogP contribution in [-0.4, -0.2) is 30.2 Å². The Morgan fingerprint density at radius 1 is 0.814 bits per heavy atom. The van der Waals surface area contributed by atoms with Gasteiger partial charge in [-0.05, 0) is 66.2 Å². The molecular formula is C35H25ClN4O3. The van der Waals surface area contributed by atoms with Gasteiger partial charge in [0.05, 0.1) is 19.9 Å². The number of para-hydroxylation sites is 1. The average Bonchev–Trinajstić information content (AvgIpc) is 3.66. The van der Waals surface area contributed by atoms with Crippen molar-refractivity contribution in [3.8, 4) is 57.0 Å². The lowest BCUT2D eigenvalue weighted by molar-refractivity contribution is 0.414. The van der Waals surface area contributed by atoms with E-state index in [0.717, 1.165) is 27.9 Å². The molecule has 0 fully saturated rings. The second-order valence-electron chi connectivity index (χ2n) is 9.53. The molecule has 8 heteroatoms. The van der Waals surface area contributed by atoms with Crippen LogP contribution in [0.3, 0.4) is 0 Å². The first-order valence-corrected chi connectivity index (χ1v) is 13.8. The molecule has 0 radical (unpaired) electrons. The number of aromatic nitrogens is 2. The zero-order valence-corrected chi connectivity index (χ0v) is 24.1. The van der Waals surface area contributed by atoms with Gasteiger partial charge in [-0.15, -0.1) is 0 Å². The van der Waals surface area contributed by atoms with Crippen LogP contribution in [0.5, 0.6) is 11.5 Å². The molecule has 0 N–H and O–H groups in total. The van der Waals surface area contributed by atoms with Crippen molar-refractivity contribution in [3.63, 3.8) is 0 Å². The van der Waals surface area contributed by atoms with E-state index in [0.29, 0.717) is 39.1 Å². The Morgan fingerprint density at radius 2 is 1.42 bits per heavy atom. The number of hydrogen-bond acceptors (Lipinski definition) is 6. The maximum atomic E-state index is 10.4. The van der Waals surface area contributed by atoms with Crippen molar-refractivity contribution >= 4 is 23.7 Å². The molecule has 6 rings (SSSR count). The fourth-order valence-electron chi connectivity index (χ4n) is 4.75. The molecule has 0 aliphatic heterocycles. The third kappa shape index (κ3) is 5.65. The summed E-state index contributed by atoms with van der Waals surface area (Å²) in [6, 6.07) is 34.6. The summed E-state index contributed by atoms with van der Waals surface area (Å²) in [6.07, 6.45) is 3.57. The van der Waals surface area contributed by atoms with Crippen molar-refractivity contribution < 1.29 is 13.9 Å². The average molecular weight is 585 g/mol. The zero-order chi connectivity index (χ0) is 29.8. The van der Waals surface area contributed by atoms with Gasteiger partial charge in [-0.3, -0.25) is 0 Å². The molecule has 0 saturated heterocycles. The van der Waals surface area contributed by atoms with Crippen LogP contribution in [0.4, 0.5) is 5.88 Å². The van der Waals surface area contributed by atoms with Crippen molar-refractivity contribution in [1.29, 1.82) is 5.26 Å². The molecule has 2 heterocycles. The molecule has 0 bridgehead atoms. The minimum Gasteiger partial charge on any atom is -0.497 e. The van der Waals surface area contributed by atoms with Gasteiger partial charge < -0.3 is 13.9 Å². The van der Waals surface area contributed by atoms with Crippen LogP contribution in [-0.2, 0) is 0 Å². The van der Waals surface area contributed by atoms with Crippen molar-refractivity contribution in [1.82, 2.24) is 9.78 Å². The van der Waals surface area contributed by atoms with Crippen molar-refractivity contribution in [2.24, 2.45) is 4.99 Å². The first-order valence-electron chi connectivity index (χ1n) is 13.4. The van der Waals surface area contributed by atoms with Gasteiger partial charge >= 0.3 is 0 Å². The van der Waals surface area contributed by atoms with E-state index in [1.807, 2.05) is 109 Å². The largest absolute Gasteiger partial charge is 0.497 e. The summed E-state index contributed by atoms with van der Waals surface area (Å²) in [5.41, 5.74) is 5.75. The van der Waals surface area contributed by atoms with Crippen molar-refractivity contribution in [2.45, 2.75) is 0 Å². The Kier molecular flexibility index (Phi) is 7.77. The summed E-state index contributed by atoms with van der Waals surface area (Å²) in [4.78, 5) is 4.71. The van der Waals surface area contributed by atoms with E-state index in [1.54, 1.807) is 25.1 Å². The van der Waals surface area contributed by atoms with Crippen LogP contribution in [0, 0.1) is 11.3 Å². The van der Waals surface area contributed by atoms with Gasteiger partial charge in [0.25, 0.3) is 0 Å². The Labute approximate surface area is 253 Å². The highest BCUT2D eigenvalue weighted by Crippen LogP contribution is 2.43.